The number of benzene rings is 1. The van der Waals surface area contributed by atoms with Gasteiger partial charge in [-0.25, -0.2) is 9.67 Å². The van der Waals surface area contributed by atoms with Crippen LogP contribution in [0.2, 0.25) is 0 Å². The largest absolute Gasteiger partial charge is 0.389 e. The van der Waals surface area contributed by atoms with E-state index in [2.05, 4.69) is 30.0 Å². The van der Waals surface area contributed by atoms with Crippen LogP contribution in [0, 0.1) is 5.92 Å². The van der Waals surface area contributed by atoms with Crippen LogP contribution in [0.3, 0.4) is 0 Å². The lowest BCUT2D eigenvalue weighted by atomic mass is 10.1. The van der Waals surface area contributed by atoms with Gasteiger partial charge in [0.15, 0.2) is 0 Å². The highest BCUT2D eigenvalue weighted by Gasteiger charge is 2.08. The van der Waals surface area contributed by atoms with E-state index in [9.17, 15) is 5.11 Å². The minimum Gasteiger partial charge on any atom is -0.389 e. The normalized spacial score (nSPS) is 12.8. The molecule has 0 saturated carbocycles. The average Bonchev–Trinajstić information content (AvgIpc) is 2.83. The molecule has 4 nitrogen and oxygen atoms in total. The summed E-state index contributed by atoms with van der Waals surface area (Å²) in [5, 5.41) is 13.9. The Morgan fingerprint density at radius 1 is 1.30 bits per heavy atom. The molecule has 5 heteroatoms. The summed E-state index contributed by atoms with van der Waals surface area (Å²) in [5.41, 5.74) is 0.943. The molecule has 0 aliphatic carbocycles. The first kappa shape index (κ1) is 15.1. The van der Waals surface area contributed by atoms with Crippen molar-refractivity contribution in [1.82, 2.24) is 14.8 Å². The van der Waals surface area contributed by atoms with E-state index in [1.165, 1.54) is 0 Å². The third kappa shape index (κ3) is 4.08. The van der Waals surface area contributed by atoms with Gasteiger partial charge in [0.1, 0.15) is 12.2 Å². The Morgan fingerprint density at radius 2 is 2.10 bits per heavy atom. The lowest BCUT2D eigenvalue weighted by molar-refractivity contribution is 0.199. The summed E-state index contributed by atoms with van der Waals surface area (Å²) in [5.74, 6) is 2.33. The second-order valence-corrected chi connectivity index (χ2v) is 6.34. The van der Waals surface area contributed by atoms with Crippen molar-refractivity contribution in [3.8, 4) is 0 Å². The number of aliphatic hydroxyl groups is 1. The number of aromatic nitrogens is 3. The van der Waals surface area contributed by atoms with Gasteiger partial charge in [-0.05, 0) is 30.5 Å². The number of nitrogens with zero attached hydrogens (tertiary/aromatic N) is 3. The van der Waals surface area contributed by atoms with Crippen LogP contribution in [0.1, 0.15) is 38.3 Å². The van der Waals surface area contributed by atoms with Crippen molar-refractivity contribution in [3.63, 3.8) is 0 Å². The van der Waals surface area contributed by atoms with E-state index in [1.54, 1.807) is 25.0 Å². The third-order valence-corrected chi connectivity index (χ3v) is 3.93. The van der Waals surface area contributed by atoms with Crippen molar-refractivity contribution in [1.29, 1.82) is 0 Å². The maximum Gasteiger partial charge on any atom is 0.138 e. The fourth-order valence-electron chi connectivity index (χ4n) is 1.91. The zero-order valence-corrected chi connectivity index (χ0v) is 13.0. The number of thioether (sulfide) groups is 1. The van der Waals surface area contributed by atoms with Crippen LogP contribution in [-0.4, -0.2) is 19.9 Å². The summed E-state index contributed by atoms with van der Waals surface area (Å²) < 4.78 is 1.97. The number of hydrogen-bond donors (Lipinski definition) is 1. The second kappa shape index (κ2) is 6.90. The van der Waals surface area contributed by atoms with Gasteiger partial charge in [0.05, 0.1) is 11.9 Å². The van der Waals surface area contributed by atoms with Gasteiger partial charge in [-0.1, -0.05) is 26.0 Å². The first-order valence-corrected chi connectivity index (χ1v) is 7.82. The molecule has 2 rings (SSSR count). The number of rotatable bonds is 6. The van der Waals surface area contributed by atoms with Gasteiger partial charge < -0.3 is 5.11 Å². The molecule has 0 aliphatic heterocycles. The Morgan fingerprint density at radius 3 is 2.80 bits per heavy atom. The number of hydrogen-bond acceptors (Lipinski definition) is 4. The van der Waals surface area contributed by atoms with Gasteiger partial charge in [0, 0.05) is 11.4 Å². The molecular weight excluding hydrogens is 270 g/mol. The van der Waals surface area contributed by atoms with Crippen LogP contribution >= 0.6 is 11.8 Å². The maximum absolute atomic E-state index is 9.61. The highest BCUT2D eigenvalue weighted by molar-refractivity contribution is 7.98. The van der Waals surface area contributed by atoms with Crippen molar-refractivity contribution in [2.24, 2.45) is 5.92 Å². The smallest absolute Gasteiger partial charge is 0.138 e. The Labute approximate surface area is 124 Å². The predicted molar refractivity (Wildman–Crippen MR) is 81.5 cm³/mol. The molecule has 0 amide bonds. The van der Waals surface area contributed by atoms with Gasteiger partial charge in [0.25, 0.3) is 0 Å². The molecule has 0 bridgehead atoms. The molecule has 0 fully saturated rings. The van der Waals surface area contributed by atoms with Crippen molar-refractivity contribution >= 4 is 11.8 Å². The summed E-state index contributed by atoms with van der Waals surface area (Å²) in [7, 11) is 0. The standard InChI is InChI=1S/C15H21N3OS/c1-11(2)8-18-15(16-10-17-18)9-20-14-6-4-5-13(7-14)12(3)19/h4-7,10-12,19H,8-9H2,1-3H3. The summed E-state index contributed by atoms with van der Waals surface area (Å²) in [6.45, 7) is 7.02. The maximum atomic E-state index is 9.61. The molecule has 0 saturated heterocycles. The fraction of sp³-hybridized carbons (Fsp3) is 0.467. The summed E-state index contributed by atoms with van der Waals surface area (Å²) in [6.07, 6.45) is 1.19. The predicted octanol–water partition coefficient (Wildman–Crippen LogP) is 3.28. The third-order valence-electron chi connectivity index (χ3n) is 2.94. The van der Waals surface area contributed by atoms with Crippen molar-refractivity contribution < 1.29 is 5.11 Å². The Hall–Kier alpha value is -1.33. The topological polar surface area (TPSA) is 50.9 Å². The molecule has 20 heavy (non-hydrogen) atoms. The lowest BCUT2D eigenvalue weighted by Gasteiger charge is -2.09. The molecule has 1 N–H and O–H groups in total. The second-order valence-electron chi connectivity index (χ2n) is 5.29. The van der Waals surface area contributed by atoms with E-state index in [0.717, 1.165) is 28.6 Å². The van der Waals surface area contributed by atoms with Gasteiger partial charge in [-0.15, -0.1) is 11.8 Å². The van der Waals surface area contributed by atoms with Crippen molar-refractivity contribution in [3.05, 3.63) is 42.0 Å². The first-order valence-electron chi connectivity index (χ1n) is 6.83. The molecule has 1 aromatic heterocycles. The fourth-order valence-corrected chi connectivity index (χ4v) is 2.82. The minimum absolute atomic E-state index is 0.430. The molecule has 1 unspecified atom stereocenters. The highest BCUT2D eigenvalue weighted by Crippen LogP contribution is 2.25. The molecule has 1 atom stereocenters. The van der Waals surface area contributed by atoms with Crippen LogP contribution in [0.15, 0.2) is 35.5 Å². The van der Waals surface area contributed by atoms with Crippen LogP contribution < -0.4 is 0 Å². The zero-order chi connectivity index (χ0) is 14.5. The van der Waals surface area contributed by atoms with E-state index in [0.29, 0.717) is 5.92 Å². The summed E-state index contributed by atoms with van der Waals surface area (Å²) in [4.78, 5) is 5.46. The number of aliphatic hydroxyl groups excluding tert-OH is 1. The summed E-state index contributed by atoms with van der Waals surface area (Å²) >= 11 is 1.72. The molecule has 108 valence electrons. The molecule has 0 aliphatic rings. The van der Waals surface area contributed by atoms with Gasteiger partial charge in [0.2, 0.25) is 0 Å². The molecule has 2 aromatic rings. The van der Waals surface area contributed by atoms with Gasteiger partial charge >= 0.3 is 0 Å². The molecular formula is C15H21N3OS. The van der Waals surface area contributed by atoms with Crippen molar-refractivity contribution in [2.75, 3.05) is 0 Å². The SMILES string of the molecule is CC(C)Cn1ncnc1CSc1cccc(C(C)O)c1. The minimum atomic E-state index is -0.430. The van der Waals surface area contributed by atoms with E-state index in [1.807, 2.05) is 22.9 Å². The van der Waals surface area contributed by atoms with Crippen molar-refractivity contribution in [2.45, 2.75) is 44.1 Å². The molecule has 1 heterocycles. The molecule has 1 aromatic carbocycles. The quantitative estimate of drug-likeness (QED) is 0.830. The Balaban J connectivity index is 2.02. The zero-order valence-electron chi connectivity index (χ0n) is 12.2. The summed E-state index contributed by atoms with van der Waals surface area (Å²) in [6, 6.07) is 8.00. The molecule has 0 radical (unpaired) electrons. The first-order chi connectivity index (χ1) is 9.56. The van der Waals surface area contributed by atoms with E-state index < -0.39 is 6.10 Å². The average molecular weight is 291 g/mol. The molecule has 0 spiro atoms. The van der Waals surface area contributed by atoms with Crippen LogP contribution in [0.4, 0.5) is 0 Å². The van der Waals surface area contributed by atoms with Gasteiger partial charge in [-0.2, -0.15) is 5.10 Å². The highest BCUT2D eigenvalue weighted by atomic mass is 32.2. The Kier molecular flexibility index (Phi) is 5.20. The lowest BCUT2D eigenvalue weighted by Crippen LogP contribution is -2.09. The van der Waals surface area contributed by atoms with Crippen LogP contribution in [0.5, 0.6) is 0 Å². The van der Waals surface area contributed by atoms with E-state index in [4.69, 9.17) is 0 Å². The Bertz CT molecular complexity index is 552. The monoisotopic (exact) mass is 291 g/mol. The van der Waals surface area contributed by atoms with E-state index in [-0.39, 0.29) is 0 Å². The van der Waals surface area contributed by atoms with Crippen LogP contribution in [-0.2, 0) is 12.3 Å². The van der Waals surface area contributed by atoms with E-state index >= 15 is 0 Å². The van der Waals surface area contributed by atoms with Crippen LogP contribution in [0.25, 0.3) is 0 Å². The van der Waals surface area contributed by atoms with Gasteiger partial charge in [-0.3, -0.25) is 0 Å².